The molecule has 12 heavy (non-hydrogen) atoms. The quantitative estimate of drug-likeness (QED) is 0.569. The normalized spacial score (nSPS) is 10.7. The number of nitrogens with zero attached hydrogens (tertiary/aromatic N) is 2. The van der Waals surface area contributed by atoms with Gasteiger partial charge in [0.25, 0.3) is 0 Å². The smallest absolute Gasteiger partial charge is 0.0621 e. The molecule has 0 radical (unpaired) electrons. The Kier molecular flexibility index (Phi) is 6.79. The zero-order valence-electron chi connectivity index (χ0n) is 8.51. The highest BCUT2D eigenvalue weighted by atomic mass is 15.1. The number of hydrogen-bond acceptors (Lipinski definition) is 2. The summed E-state index contributed by atoms with van der Waals surface area (Å²) >= 11 is 0. The van der Waals surface area contributed by atoms with Gasteiger partial charge in [0.1, 0.15) is 0 Å². The van der Waals surface area contributed by atoms with E-state index in [0.717, 1.165) is 31.8 Å². The number of unbranched alkanes of at least 4 members (excludes halogenated alkanes) is 2. The van der Waals surface area contributed by atoms with E-state index in [9.17, 15) is 0 Å². The minimum atomic E-state index is 0.704. The minimum absolute atomic E-state index is 0.704. The monoisotopic (exact) mass is 168 g/mol. The molecular formula is C10H20N2. The van der Waals surface area contributed by atoms with Gasteiger partial charge in [-0.25, -0.2) is 0 Å². The molecule has 0 N–H and O–H groups in total. The summed E-state index contributed by atoms with van der Waals surface area (Å²) in [4.78, 5) is 2.34. The van der Waals surface area contributed by atoms with Gasteiger partial charge in [0, 0.05) is 13.0 Å². The maximum atomic E-state index is 8.31. The summed E-state index contributed by atoms with van der Waals surface area (Å²) in [5.74, 6) is 0.742. The number of rotatable bonds is 6. The van der Waals surface area contributed by atoms with Crippen molar-refractivity contribution in [3.8, 4) is 6.07 Å². The van der Waals surface area contributed by atoms with Crippen LogP contribution in [0.5, 0.6) is 0 Å². The molecule has 0 fully saturated rings. The summed E-state index contributed by atoms with van der Waals surface area (Å²) in [6, 6.07) is 2.16. The average Bonchev–Trinajstić information content (AvgIpc) is 1.97. The molecule has 2 nitrogen and oxygen atoms in total. The van der Waals surface area contributed by atoms with Gasteiger partial charge in [-0.2, -0.15) is 5.26 Å². The van der Waals surface area contributed by atoms with Crippen LogP contribution in [0.15, 0.2) is 0 Å². The summed E-state index contributed by atoms with van der Waals surface area (Å²) in [5.41, 5.74) is 0. The Morgan fingerprint density at radius 1 is 1.33 bits per heavy atom. The van der Waals surface area contributed by atoms with Crippen molar-refractivity contribution < 1.29 is 0 Å². The molecular weight excluding hydrogens is 148 g/mol. The van der Waals surface area contributed by atoms with Crippen molar-refractivity contribution in [2.45, 2.75) is 33.1 Å². The summed E-state index contributed by atoms with van der Waals surface area (Å²) in [7, 11) is 2.15. The van der Waals surface area contributed by atoms with Crippen LogP contribution in [0.4, 0.5) is 0 Å². The van der Waals surface area contributed by atoms with Crippen molar-refractivity contribution >= 4 is 0 Å². The maximum absolute atomic E-state index is 8.31. The SMILES string of the molecule is CC(C)CN(C)CCCCC#N. The first-order valence-corrected chi connectivity index (χ1v) is 4.72. The molecule has 0 aliphatic carbocycles. The summed E-state index contributed by atoms with van der Waals surface area (Å²) in [5, 5.41) is 8.31. The van der Waals surface area contributed by atoms with E-state index in [1.807, 2.05) is 0 Å². The molecule has 0 spiro atoms. The van der Waals surface area contributed by atoms with E-state index in [-0.39, 0.29) is 0 Å². The number of nitriles is 1. The highest BCUT2D eigenvalue weighted by Gasteiger charge is 2.00. The van der Waals surface area contributed by atoms with Gasteiger partial charge in [0.15, 0.2) is 0 Å². The van der Waals surface area contributed by atoms with Crippen molar-refractivity contribution in [2.75, 3.05) is 20.1 Å². The maximum Gasteiger partial charge on any atom is 0.0621 e. The van der Waals surface area contributed by atoms with E-state index in [1.165, 1.54) is 0 Å². The van der Waals surface area contributed by atoms with Crippen molar-refractivity contribution in [1.82, 2.24) is 4.90 Å². The highest BCUT2D eigenvalue weighted by molar-refractivity contribution is 4.68. The predicted octanol–water partition coefficient (Wildman–Crippen LogP) is 2.27. The van der Waals surface area contributed by atoms with Crippen LogP contribution < -0.4 is 0 Å². The second-order valence-corrected chi connectivity index (χ2v) is 3.77. The first-order chi connectivity index (χ1) is 5.66. The van der Waals surface area contributed by atoms with Crippen LogP contribution in [0.2, 0.25) is 0 Å². The zero-order valence-corrected chi connectivity index (χ0v) is 8.51. The minimum Gasteiger partial charge on any atom is -0.306 e. The number of hydrogen-bond donors (Lipinski definition) is 0. The van der Waals surface area contributed by atoms with Gasteiger partial charge in [0.05, 0.1) is 6.07 Å². The van der Waals surface area contributed by atoms with Gasteiger partial charge < -0.3 is 4.90 Å². The fraction of sp³-hybridized carbons (Fsp3) is 0.900. The van der Waals surface area contributed by atoms with E-state index in [0.29, 0.717) is 6.42 Å². The molecule has 0 saturated carbocycles. The Morgan fingerprint density at radius 3 is 2.50 bits per heavy atom. The largest absolute Gasteiger partial charge is 0.306 e. The molecule has 2 heteroatoms. The van der Waals surface area contributed by atoms with Crippen LogP contribution in [-0.2, 0) is 0 Å². The molecule has 0 heterocycles. The second kappa shape index (κ2) is 7.12. The van der Waals surface area contributed by atoms with Gasteiger partial charge in [-0.05, 0) is 32.4 Å². The Bertz CT molecular complexity index is 135. The molecule has 0 amide bonds. The third-order valence-electron chi connectivity index (χ3n) is 1.76. The second-order valence-electron chi connectivity index (χ2n) is 3.77. The lowest BCUT2D eigenvalue weighted by Crippen LogP contribution is -2.24. The van der Waals surface area contributed by atoms with Crippen LogP contribution in [-0.4, -0.2) is 25.0 Å². The van der Waals surface area contributed by atoms with Crippen molar-refractivity contribution in [2.24, 2.45) is 5.92 Å². The Morgan fingerprint density at radius 2 is 2.00 bits per heavy atom. The zero-order chi connectivity index (χ0) is 9.40. The van der Waals surface area contributed by atoms with E-state index >= 15 is 0 Å². The fourth-order valence-electron chi connectivity index (χ4n) is 1.30. The summed E-state index contributed by atoms with van der Waals surface area (Å²) in [6.45, 7) is 6.74. The molecule has 0 saturated heterocycles. The molecule has 0 aromatic rings. The first-order valence-electron chi connectivity index (χ1n) is 4.72. The Balaban J connectivity index is 3.20. The lowest BCUT2D eigenvalue weighted by Gasteiger charge is -2.18. The fourth-order valence-corrected chi connectivity index (χ4v) is 1.30. The summed E-state index contributed by atoms with van der Waals surface area (Å²) < 4.78 is 0. The summed E-state index contributed by atoms with van der Waals surface area (Å²) in [6.07, 6.45) is 2.89. The van der Waals surface area contributed by atoms with E-state index in [1.54, 1.807) is 0 Å². The molecule has 0 aromatic heterocycles. The highest BCUT2D eigenvalue weighted by Crippen LogP contribution is 1.99. The molecule has 0 bridgehead atoms. The van der Waals surface area contributed by atoms with Crippen molar-refractivity contribution in [1.29, 1.82) is 5.26 Å². The van der Waals surface area contributed by atoms with Gasteiger partial charge in [0.2, 0.25) is 0 Å². The van der Waals surface area contributed by atoms with E-state index < -0.39 is 0 Å². The molecule has 0 aromatic carbocycles. The van der Waals surface area contributed by atoms with Gasteiger partial charge in [-0.1, -0.05) is 13.8 Å². The molecule has 70 valence electrons. The standard InChI is InChI=1S/C10H20N2/c1-10(2)9-12(3)8-6-4-5-7-11/h10H,4-6,8-9H2,1-3H3. The third kappa shape index (κ3) is 7.56. The topological polar surface area (TPSA) is 27.0 Å². The predicted molar refractivity (Wildman–Crippen MR) is 51.8 cm³/mol. The molecule has 0 unspecified atom stereocenters. The van der Waals surface area contributed by atoms with Crippen LogP contribution in [0, 0.1) is 17.2 Å². The Hall–Kier alpha value is -0.550. The van der Waals surface area contributed by atoms with Gasteiger partial charge in [-0.15, -0.1) is 0 Å². The molecule has 0 aliphatic heterocycles. The van der Waals surface area contributed by atoms with Crippen LogP contribution in [0.25, 0.3) is 0 Å². The van der Waals surface area contributed by atoms with Crippen molar-refractivity contribution in [3.63, 3.8) is 0 Å². The van der Waals surface area contributed by atoms with Crippen LogP contribution in [0.3, 0.4) is 0 Å². The lowest BCUT2D eigenvalue weighted by molar-refractivity contribution is 0.290. The molecule has 0 rings (SSSR count). The van der Waals surface area contributed by atoms with Crippen LogP contribution >= 0.6 is 0 Å². The van der Waals surface area contributed by atoms with Gasteiger partial charge >= 0.3 is 0 Å². The van der Waals surface area contributed by atoms with Gasteiger partial charge in [-0.3, -0.25) is 0 Å². The molecule has 0 aliphatic rings. The third-order valence-corrected chi connectivity index (χ3v) is 1.76. The molecule has 0 atom stereocenters. The van der Waals surface area contributed by atoms with E-state index in [4.69, 9.17) is 5.26 Å². The van der Waals surface area contributed by atoms with Crippen LogP contribution in [0.1, 0.15) is 33.1 Å². The van der Waals surface area contributed by atoms with Crippen molar-refractivity contribution in [3.05, 3.63) is 0 Å². The lowest BCUT2D eigenvalue weighted by atomic mass is 10.2. The Labute approximate surface area is 76.2 Å². The average molecular weight is 168 g/mol. The van der Waals surface area contributed by atoms with E-state index in [2.05, 4.69) is 31.9 Å². The first kappa shape index (κ1) is 11.4.